The number of benzene rings is 1. The van der Waals surface area contributed by atoms with Gasteiger partial charge in [0.15, 0.2) is 0 Å². The highest BCUT2D eigenvalue weighted by molar-refractivity contribution is 7.14. The monoisotopic (exact) mass is 428 g/mol. The first-order valence-electron chi connectivity index (χ1n) is 8.59. The molecule has 0 radical (unpaired) electrons. The van der Waals surface area contributed by atoms with Crippen LogP contribution in [-0.2, 0) is 18.3 Å². The quantitative estimate of drug-likeness (QED) is 0.484. The molecule has 1 amide bonds. The predicted octanol–water partition coefficient (Wildman–Crippen LogP) is 4.71. The fraction of sp³-hybridized carbons (Fsp3) is 0.150. The normalized spacial score (nSPS) is 12.1. The second kappa shape index (κ2) is 8.26. The van der Waals surface area contributed by atoms with Gasteiger partial charge in [-0.2, -0.15) is 11.3 Å². The third-order valence-corrected chi connectivity index (χ3v) is 6.16. The van der Waals surface area contributed by atoms with Crippen LogP contribution in [0.15, 0.2) is 58.9 Å². The molecule has 1 aromatic carbocycles. The number of nitrogens with zero attached hydrogens (tertiary/aromatic N) is 3. The number of imidazole rings is 1. The van der Waals surface area contributed by atoms with Gasteiger partial charge in [0.2, 0.25) is 5.91 Å². The Hall–Kier alpha value is -2.48. The predicted molar refractivity (Wildman–Crippen MR) is 114 cm³/mol. The van der Waals surface area contributed by atoms with E-state index in [1.54, 1.807) is 28.9 Å². The summed E-state index contributed by atoms with van der Waals surface area (Å²) in [6.45, 7) is 0. The molecule has 0 unspecified atom stereocenters. The maximum absolute atomic E-state index is 12.8. The molecule has 0 bridgehead atoms. The second-order valence-corrected chi connectivity index (χ2v) is 8.36. The topological polar surface area (TPSA) is 59.8 Å². The van der Waals surface area contributed by atoms with Crippen LogP contribution in [0.2, 0.25) is 5.02 Å². The van der Waals surface area contributed by atoms with Gasteiger partial charge in [0, 0.05) is 40.8 Å². The lowest BCUT2D eigenvalue weighted by molar-refractivity contribution is -0.121. The molecule has 142 valence electrons. The summed E-state index contributed by atoms with van der Waals surface area (Å²) in [7, 11) is 1.91. The standard InChI is InChI=1S/C20H17ClN4OS2/c1-25-8-7-22-19(25)18(13-2-4-15(21)5-3-13)24-17(26)10-16-12-28-20(23-16)14-6-9-27-11-14/h2-9,11-12,18H,10H2,1H3,(H,24,26)/t18-/m0/s1. The SMILES string of the molecule is Cn1ccnc1[C@@H](NC(=O)Cc1csc(-c2ccsc2)n1)c1ccc(Cl)cc1. The van der Waals surface area contributed by atoms with E-state index in [0.717, 1.165) is 27.7 Å². The molecule has 4 aromatic rings. The molecule has 3 aromatic heterocycles. The summed E-state index contributed by atoms with van der Waals surface area (Å²) in [4.78, 5) is 21.8. The molecule has 0 fully saturated rings. The van der Waals surface area contributed by atoms with Crippen LogP contribution in [0, 0.1) is 0 Å². The van der Waals surface area contributed by atoms with Crippen LogP contribution in [0.4, 0.5) is 0 Å². The molecule has 5 nitrogen and oxygen atoms in total. The molecule has 0 aliphatic rings. The van der Waals surface area contributed by atoms with E-state index < -0.39 is 0 Å². The van der Waals surface area contributed by atoms with Gasteiger partial charge in [0.05, 0.1) is 12.1 Å². The van der Waals surface area contributed by atoms with E-state index in [1.165, 1.54) is 0 Å². The molecule has 0 aliphatic heterocycles. The summed E-state index contributed by atoms with van der Waals surface area (Å²) in [6.07, 6.45) is 3.80. The lowest BCUT2D eigenvalue weighted by atomic mass is 10.1. The largest absolute Gasteiger partial charge is 0.342 e. The molecular weight excluding hydrogens is 412 g/mol. The Labute approximate surface area is 175 Å². The van der Waals surface area contributed by atoms with Gasteiger partial charge in [-0.25, -0.2) is 9.97 Å². The lowest BCUT2D eigenvalue weighted by Gasteiger charge is -2.19. The Morgan fingerprint density at radius 1 is 1.25 bits per heavy atom. The maximum Gasteiger partial charge on any atom is 0.226 e. The Kier molecular flexibility index (Phi) is 5.57. The number of thiophene rings is 1. The summed E-state index contributed by atoms with van der Waals surface area (Å²) in [5, 5.41) is 10.7. The van der Waals surface area contributed by atoms with Crippen molar-refractivity contribution in [3.63, 3.8) is 0 Å². The highest BCUT2D eigenvalue weighted by atomic mass is 35.5. The molecule has 0 saturated heterocycles. The van der Waals surface area contributed by atoms with Crippen molar-refractivity contribution in [2.75, 3.05) is 0 Å². The van der Waals surface area contributed by atoms with Gasteiger partial charge in [-0.3, -0.25) is 4.79 Å². The van der Waals surface area contributed by atoms with Gasteiger partial charge in [-0.1, -0.05) is 23.7 Å². The van der Waals surface area contributed by atoms with E-state index in [9.17, 15) is 4.79 Å². The van der Waals surface area contributed by atoms with Gasteiger partial charge in [0.25, 0.3) is 0 Å². The van der Waals surface area contributed by atoms with Crippen LogP contribution < -0.4 is 5.32 Å². The van der Waals surface area contributed by atoms with Crippen molar-refractivity contribution in [3.8, 4) is 10.6 Å². The molecule has 0 spiro atoms. The number of carbonyl (C=O) groups is 1. The van der Waals surface area contributed by atoms with Crippen LogP contribution in [0.1, 0.15) is 23.1 Å². The van der Waals surface area contributed by atoms with E-state index in [1.807, 2.05) is 58.9 Å². The first-order valence-corrected chi connectivity index (χ1v) is 10.8. The van der Waals surface area contributed by atoms with Crippen molar-refractivity contribution in [3.05, 3.63) is 81.0 Å². The summed E-state index contributed by atoms with van der Waals surface area (Å²) >= 11 is 9.20. The number of thiazole rings is 1. The van der Waals surface area contributed by atoms with Crippen molar-refractivity contribution in [2.45, 2.75) is 12.5 Å². The zero-order chi connectivity index (χ0) is 19.5. The van der Waals surface area contributed by atoms with Crippen LogP contribution in [-0.4, -0.2) is 20.4 Å². The van der Waals surface area contributed by atoms with Crippen molar-refractivity contribution >= 4 is 40.2 Å². The fourth-order valence-corrected chi connectivity index (χ4v) is 4.55. The Balaban J connectivity index is 1.52. The number of carbonyl (C=O) groups excluding carboxylic acids is 1. The summed E-state index contributed by atoms with van der Waals surface area (Å²) in [5.74, 6) is 0.651. The summed E-state index contributed by atoms with van der Waals surface area (Å²) in [5.41, 5.74) is 2.77. The third kappa shape index (κ3) is 4.16. The Morgan fingerprint density at radius 2 is 2.07 bits per heavy atom. The van der Waals surface area contributed by atoms with E-state index in [4.69, 9.17) is 11.6 Å². The van der Waals surface area contributed by atoms with Crippen molar-refractivity contribution in [2.24, 2.45) is 7.05 Å². The number of aromatic nitrogens is 3. The number of hydrogen-bond acceptors (Lipinski definition) is 5. The van der Waals surface area contributed by atoms with Crippen LogP contribution in [0.3, 0.4) is 0 Å². The minimum atomic E-state index is -0.361. The molecule has 0 aliphatic carbocycles. The third-order valence-electron chi connectivity index (χ3n) is 4.29. The Bertz CT molecular complexity index is 1070. The fourth-order valence-electron chi connectivity index (χ4n) is 2.89. The van der Waals surface area contributed by atoms with Crippen LogP contribution in [0.5, 0.6) is 0 Å². The molecular formula is C20H17ClN4OS2. The van der Waals surface area contributed by atoms with Crippen molar-refractivity contribution in [1.82, 2.24) is 19.9 Å². The number of rotatable bonds is 6. The highest BCUT2D eigenvalue weighted by Crippen LogP contribution is 2.26. The summed E-state index contributed by atoms with van der Waals surface area (Å²) in [6, 6.07) is 9.10. The number of aryl methyl sites for hydroxylation is 1. The molecule has 4 rings (SSSR count). The average molecular weight is 429 g/mol. The van der Waals surface area contributed by atoms with E-state index in [-0.39, 0.29) is 18.4 Å². The lowest BCUT2D eigenvalue weighted by Crippen LogP contribution is -2.32. The molecule has 3 heterocycles. The summed E-state index contributed by atoms with van der Waals surface area (Å²) < 4.78 is 1.90. The second-order valence-electron chi connectivity index (χ2n) is 6.28. The minimum absolute atomic E-state index is 0.106. The zero-order valence-electron chi connectivity index (χ0n) is 15.0. The van der Waals surface area contributed by atoms with E-state index in [0.29, 0.717) is 5.02 Å². The van der Waals surface area contributed by atoms with Gasteiger partial charge < -0.3 is 9.88 Å². The van der Waals surface area contributed by atoms with Gasteiger partial charge in [0.1, 0.15) is 16.9 Å². The number of hydrogen-bond donors (Lipinski definition) is 1. The first kappa shape index (κ1) is 18.9. The molecule has 8 heteroatoms. The van der Waals surface area contributed by atoms with Gasteiger partial charge in [-0.05, 0) is 29.1 Å². The van der Waals surface area contributed by atoms with E-state index >= 15 is 0 Å². The highest BCUT2D eigenvalue weighted by Gasteiger charge is 2.21. The minimum Gasteiger partial charge on any atom is -0.342 e. The maximum atomic E-state index is 12.8. The molecule has 1 N–H and O–H groups in total. The molecule has 28 heavy (non-hydrogen) atoms. The Morgan fingerprint density at radius 3 is 2.75 bits per heavy atom. The molecule has 0 saturated carbocycles. The van der Waals surface area contributed by atoms with Crippen molar-refractivity contribution < 1.29 is 4.79 Å². The number of halogens is 1. The smallest absolute Gasteiger partial charge is 0.226 e. The zero-order valence-corrected chi connectivity index (χ0v) is 17.4. The van der Waals surface area contributed by atoms with E-state index in [2.05, 4.69) is 20.7 Å². The van der Waals surface area contributed by atoms with Gasteiger partial charge in [-0.15, -0.1) is 11.3 Å². The number of nitrogens with one attached hydrogen (secondary N) is 1. The van der Waals surface area contributed by atoms with Crippen LogP contribution >= 0.6 is 34.3 Å². The average Bonchev–Trinajstić information content (AvgIpc) is 3.42. The molecule has 1 atom stereocenters. The van der Waals surface area contributed by atoms with Gasteiger partial charge >= 0.3 is 0 Å². The van der Waals surface area contributed by atoms with Crippen LogP contribution in [0.25, 0.3) is 10.6 Å². The number of amides is 1. The first-order chi connectivity index (χ1) is 13.6. The van der Waals surface area contributed by atoms with Crippen molar-refractivity contribution in [1.29, 1.82) is 0 Å².